The monoisotopic (exact) mass is 435 g/mol. The van der Waals surface area contributed by atoms with Crippen molar-refractivity contribution in [3.05, 3.63) is 65.4 Å². The average Bonchev–Trinajstić information content (AvgIpc) is 3.31. The van der Waals surface area contributed by atoms with Gasteiger partial charge in [-0.15, -0.1) is 0 Å². The van der Waals surface area contributed by atoms with Gasteiger partial charge in [0.15, 0.2) is 0 Å². The van der Waals surface area contributed by atoms with Crippen LogP contribution in [0.1, 0.15) is 54.8 Å². The van der Waals surface area contributed by atoms with Crippen molar-refractivity contribution in [2.75, 3.05) is 19.8 Å². The minimum absolute atomic E-state index is 0.0994. The Morgan fingerprint density at radius 1 is 1.16 bits per heavy atom. The number of aromatic nitrogens is 2. The number of hydrogen-bond acceptors (Lipinski definition) is 5. The number of nitrogens with zero attached hydrogens (tertiary/aromatic N) is 2. The molecule has 0 bridgehead atoms. The molecule has 2 aromatic carbocycles. The number of H-pyrrole nitrogens is 1. The van der Waals surface area contributed by atoms with Crippen molar-refractivity contribution in [2.24, 2.45) is 0 Å². The molecule has 2 heterocycles. The first-order valence-electron chi connectivity index (χ1n) is 11.0. The van der Waals surface area contributed by atoms with E-state index in [0.29, 0.717) is 36.7 Å². The number of aromatic hydroxyl groups is 1. The maximum Gasteiger partial charge on any atom is 0.273 e. The molecule has 168 valence electrons. The summed E-state index contributed by atoms with van der Waals surface area (Å²) in [6.45, 7) is 7.66. The number of rotatable bonds is 9. The Bertz CT molecular complexity index is 1080. The van der Waals surface area contributed by atoms with Gasteiger partial charge in [-0.3, -0.25) is 9.89 Å². The molecule has 1 aliphatic heterocycles. The third kappa shape index (κ3) is 4.21. The Hall–Kier alpha value is -3.32. The van der Waals surface area contributed by atoms with E-state index >= 15 is 0 Å². The molecule has 32 heavy (non-hydrogen) atoms. The van der Waals surface area contributed by atoms with E-state index in [0.717, 1.165) is 23.3 Å². The summed E-state index contributed by atoms with van der Waals surface area (Å²) < 4.78 is 11.3. The quantitative estimate of drug-likeness (QED) is 0.482. The Labute approximate surface area is 188 Å². The van der Waals surface area contributed by atoms with Gasteiger partial charge in [-0.05, 0) is 57.0 Å². The van der Waals surface area contributed by atoms with Crippen LogP contribution in [0.2, 0.25) is 0 Å². The summed E-state index contributed by atoms with van der Waals surface area (Å²) in [5.74, 6) is 0.812. The van der Waals surface area contributed by atoms with E-state index < -0.39 is 0 Å². The molecule has 0 unspecified atom stereocenters. The van der Waals surface area contributed by atoms with Crippen molar-refractivity contribution in [2.45, 2.75) is 39.3 Å². The lowest BCUT2D eigenvalue weighted by molar-refractivity contribution is 0.0601. The number of carbonyl (C=O) groups excluding carboxylic acids is 1. The van der Waals surface area contributed by atoms with Crippen LogP contribution in [0.15, 0.2) is 48.5 Å². The number of phenolic OH excluding ortho intramolecular Hbond substituents is 1. The molecule has 0 saturated heterocycles. The Balaban J connectivity index is 1.73. The van der Waals surface area contributed by atoms with Gasteiger partial charge in [0.25, 0.3) is 5.91 Å². The number of phenols is 1. The predicted molar refractivity (Wildman–Crippen MR) is 122 cm³/mol. The van der Waals surface area contributed by atoms with E-state index in [2.05, 4.69) is 10.2 Å². The van der Waals surface area contributed by atoms with Crippen LogP contribution in [0.3, 0.4) is 0 Å². The highest BCUT2D eigenvalue weighted by atomic mass is 16.5. The zero-order chi connectivity index (χ0) is 22.7. The number of ether oxygens (including phenoxy) is 2. The zero-order valence-corrected chi connectivity index (χ0v) is 18.7. The lowest BCUT2D eigenvalue weighted by Gasteiger charge is -2.26. The molecule has 3 aromatic rings. The Morgan fingerprint density at radius 3 is 2.59 bits per heavy atom. The van der Waals surface area contributed by atoms with Crippen LogP contribution in [0, 0.1) is 0 Å². The predicted octanol–water partition coefficient (Wildman–Crippen LogP) is 4.54. The van der Waals surface area contributed by atoms with Gasteiger partial charge in [-0.1, -0.05) is 24.3 Å². The molecule has 1 aromatic heterocycles. The van der Waals surface area contributed by atoms with Crippen LogP contribution >= 0.6 is 0 Å². The molecule has 0 aliphatic carbocycles. The van der Waals surface area contributed by atoms with Gasteiger partial charge in [-0.25, -0.2) is 0 Å². The van der Waals surface area contributed by atoms with E-state index in [1.165, 1.54) is 0 Å². The van der Waals surface area contributed by atoms with Crippen LogP contribution < -0.4 is 4.74 Å². The van der Waals surface area contributed by atoms with Crippen molar-refractivity contribution >= 4 is 5.91 Å². The molecule has 1 aliphatic rings. The van der Waals surface area contributed by atoms with E-state index in [4.69, 9.17) is 9.47 Å². The molecular weight excluding hydrogens is 406 g/mol. The van der Waals surface area contributed by atoms with Crippen LogP contribution in [0.5, 0.6) is 11.5 Å². The van der Waals surface area contributed by atoms with Gasteiger partial charge in [0.2, 0.25) is 0 Å². The standard InChI is InChI=1S/C25H29N3O4/c1-4-31-18-12-10-17(11-13-18)24-21-22(19-8-5-6-9-20(19)29)26-27-23(21)25(30)28(24)14-7-15-32-16(2)3/h5-6,8-13,16,24,29H,4,7,14-15H2,1-3H3,(H,26,27)/t24-/m0/s1. The van der Waals surface area contributed by atoms with Crippen molar-refractivity contribution in [3.8, 4) is 22.8 Å². The minimum atomic E-state index is -0.319. The van der Waals surface area contributed by atoms with Crippen molar-refractivity contribution in [1.82, 2.24) is 15.1 Å². The van der Waals surface area contributed by atoms with Gasteiger partial charge >= 0.3 is 0 Å². The topological polar surface area (TPSA) is 87.7 Å². The fraction of sp³-hybridized carbons (Fsp3) is 0.360. The Morgan fingerprint density at radius 2 is 1.91 bits per heavy atom. The Kier molecular flexibility index (Phi) is 6.46. The first kappa shape index (κ1) is 21.9. The second-order valence-electron chi connectivity index (χ2n) is 8.05. The number of aromatic amines is 1. The molecule has 0 spiro atoms. The maximum atomic E-state index is 13.3. The fourth-order valence-corrected chi connectivity index (χ4v) is 4.12. The second-order valence-corrected chi connectivity index (χ2v) is 8.05. The fourth-order valence-electron chi connectivity index (χ4n) is 4.12. The zero-order valence-electron chi connectivity index (χ0n) is 18.7. The molecule has 1 amide bonds. The van der Waals surface area contributed by atoms with E-state index in [9.17, 15) is 9.90 Å². The highest BCUT2D eigenvalue weighted by Gasteiger charge is 2.42. The molecular formula is C25H29N3O4. The molecule has 2 N–H and O–H groups in total. The number of nitrogens with one attached hydrogen (secondary N) is 1. The largest absolute Gasteiger partial charge is 0.507 e. The summed E-state index contributed by atoms with van der Waals surface area (Å²) in [5.41, 5.74) is 3.39. The van der Waals surface area contributed by atoms with Crippen LogP contribution in [-0.4, -0.2) is 52.0 Å². The molecule has 0 fully saturated rings. The molecule has 7 heteroatoms. The van der Waals surface area contributed by atoms with Crippen LogP contribution in [0.25, 0.3) is 11.3 Å². The number of carbonyl (C=O) groups is 1. The number of hydrogen-bond donors (Lipinski definition) is 2. The molecule has 0 saturated carbocycles. The third-order valence-electron chi connectivity index (χ3n) is 5.52. The van der Waals surface area contributed by atoms with E-state index in [1.54, 1.807) is 12.1 Å². The summed E-state index contributed by atoms with van der Waals surface area (Å²) in [5, 5.41) is 17.8. The highest BCUT2D eigenvalue weighted by Crippen LogP contribution is 2.44. The summed E-state index contributed by atoms with van der Waals surface area (Å²) in [6, 6.07) is 14.5. The van der Waals surface area contributed by atoms with Gasteiger partial charge in [0, 0.05) is 24.3 Å². The normalized spacial score (nSPS) is 15.4. The smallest absolute Gasteiger partial charge is 0.273 e. The molecule has 7 nitrogen and oxygen atoms in total. The number of fused-ring (bicyclic) bond motifs is 1. The first-order valence-corrected chi connectivity index (χ1v) is 11.0. The van der Waals surface area contributed by atoms with E-state index in [-0.39, 0.29) is 23.8 Å². The number of para-hydroxylation sites is 1. The van der Waals surface area contributed by atoms with Crippen LogP contribution in [0.4, 0.5) is 0 Å². The van der Waals surface area contributed by atoms with Gasteiger partial charge in [0.1, 0.15) is 22.9 Å². The van der Waals surface area contributed by atoms with Crippen molar-refractivity contribution in [3.63, 3.8) is 0 Å². The van der Waals surface area contributed by atoms with Gasteiger partial charge in [0.05, 0.1) is 18.8 Å². The first-order chi connectivity index (χ1) is 15.5. The summed E-state index contributed by atoms with van der Waals surface area (Å²) >= 11 is 0. The average molecular weight is 436 g/mol. The maximum absolute atomic E-state index is 13.3. The van der Waals surface area contributed by atoms with Crippen molar-refractivity contribution in [1.29, 1.82) is 0 Å². The SMILES string of the molecule is CCOc1ccc([C@H]2c3c(-c4ccccc4O)n[nH]c3C(=O)N2CCCOC(C)C)cc1. The molecule has 4 rings (SSSR count). The van der Waals surface area contributed by atoms with Gasteiger partial charge < -0.3 is 19.5 Å². The summed E-state index contributed by atoms with van der Waals surface area (Å²) in [7, 11) is 0. The number of benzene rings is 2. The minimum Gasteiger partial charge on any atom is -0.507 e. The van der Waals surface area contributed by atoms with Crippen molar-refractivity contribution < 1.29 is 19.4 Å². The molecule has 0 radical (unpaired) electrons. The van der Waals surface area contributed by atoms with E-state index in [1.807, 2.05) is 62.1 Å². The summed E-state index contributed by atoms with van der Waals surface area (Å²) in [4.78, 5) is 15.2. The number of amides is 1. The lowest BCUT2D eigenvalue weighted by atomic mass is 9.95. The highest BCUT2D eigenvalue weighted by molar-refractivity contribution is 6.00. The van der Waals surface area contributed by atoms with Gasteiger partial charge in [-0.2, -0.15) is 5.10 Å². The summed E-state index contributed by atoms with van der Waals surface area (Å²) in [6.07, 6.45) is 0.872. The molecule has 1 atom stereocenters. The second kappa shape index (κ2) is 9.44. The van der Waals surface area contributed by atoms with Crippen LogP contribution in [-0.2, 0) is 4.74 Å². The third-order valence-corrected chi connectivity index (χ3v) is 5.52. The lowest BCUT2D eigenvalue weighted by Crippen LogP contribution is -2.31.